The van der Waals surface area contributed by atoms with E-state index in [0.29, 0.717) is 6.54 Å². The number of nitrogens with two attached hydrogens (primary N) is 1. The second-order valence-electron chi connectivity index (χ2n) is 6.70. The van der Waals surface area contributed by atoms with E-state index in [2.05, 4.69) is 29.0 Å². The molecule has 6 heteroatoms. The van der Waals surface area contributed by atoms with Gasteiger partial charge in [-0.15, -0.1) is 0 Å². The van der Waals surface area contributed by atoms with Crippen LogP contribution in [-0.2, 0) is 6.54 Å². The number of carbonyl (C=O) groups excluding carboxylic acids is 1. The summed E-state index contributed by atoms with van der Waals surface area (Å²) in [5.41, 5.74) is 11.0. The smallest absolute Gasteiger partial charge is 0.319 e. The predicted octanol–water partition coefficient (Wildman–Crippen LogP) is 4.84. The third kappa shape index (κ3) is 3.91. The Morgan fingerprint density at radius 2 is 1.89 bits per heavy atom. The van der Waals surface area contributed by atoms with Gasteiger partial charge in [-0.2, -0.15) is 0 Å². The molecule has 3 rings (SSSR count). The molecule has 1 aromatic heterocycles. The number of nitrogens with zero attached hydrogens (tertiary/aromatic N) is 1. The van der Waals surface area contributed by atoms with Crippen LogP contribution in [0.4, 0.5) is 16.2 Å². The Kier molecular flexibility index (Phi) is 6.09. The van der Waals surface area contributed by atoms with Gasteiger partial charge in [-0.1, -0.05) is 25.5 Å². The van der Waals surface area contributed by atoms with Crippen LogP contribution in [0.5, 0.6) is 5.75 Å². The van der Waals surface area contributed by atoms with Crippen molar-refractivity contribution in [1.82, 2.24) is 9.88 Å². The average molecular weight is 380 g/mol. The maximum atomic E-state index is 11.9. The molecule has 0 bridgehead atoms. The van der Waals surface area contributed by atoms with Crippen LogP contribution in [0.1, 0.15) is 26.7 Å². The first-order valence-corrected chi connectivity index (χ1v) is 9.70. The van der Waals surface area contributed by atoms with Crippen molar-refractivity contribution in [3.8, 4) is 17.0 Å². The minimum Gasteiger partial charge on any atom is -0.497 e. The number of aromatic nitrogens is 1. The molecule has 0 unspecified atom stereocenters. The Morgan fingerprint density at radius 1 is 1.14 bits per heavy atom. The Morgan fingerprint density at radius 3 is 2.54 bits per heavy atom. The first-order chi connectivity index (χ1) is 13.6. The number of benzene rings is 2. The van der Waals surface area contributed by atoms with Gasteiger partial charge in [0.25, 0.3) is 0 Å². The summed E-state index contributed by atoms with van der Waals surface area (Å²) in [6.45, 7) is 5.67. The lowest BCUT2D eigenvalue weighted by molar-refractivity contribution is 0.252. The molecule has 0 aliphatic heterocycles. The number of nitrogen functional groups attached to an aromatic ring is 1. The predicted molar refractivity (Wildman–Crippen MR) is 116 cm³/mol. The van der Waals surface area contributed by atoms with Crippen LogP contribution in [0.3, 0.4) is 0 Å². The zero-order chi connectivity index (χ0) is 20.1. The van der Waals surface area contributed by atoms with Crippen molar-refractivity contribution in [1.29, 1.82) is 0 Å². The van der Waals surface area contributed by atoms with Gasteiger partial charge in [0.05, 0.1) is 24.0 Å². The number of methoxy groups -OCH3 is 1. The van der Waals surface area contributed by atoms with E-state index in [1.165, 1.54) is 0 Å². The molecule has 2 amide bonds. The summed E-state index contributed by atoms with van der Waals surface area (Å²) in [6, 6.07) is 13.5. The van der Waals surface area contributed by atoms with Gasteiger partial charge in [0.1, 0.15) is 5.75 Å². The number of hydrogen-bond donors (Lipinski definition) is 3. The summed E-state index contributed by atoms with van der Waals surface area (Å²) < 4.78 is 7.54. The van der Waals surface area contributed by atoms with Crippen LogP contribution in [0.15, 0.2) is 42.5 Å². The van der Waals surface area contributed by atoms with Crippen molar-refractivity contribution in [2.24, 2.45) is 0 Å². The number of anilines is 2. The molecule has 0 saturated heterocycles. The summed E-state index contributed by atoms with van der Waals surface area (Å²) >= 11 is 0. The molecule has 4 N–H and O–H groups in total. The average Bonchev–Trinajstić information content (AvgIpc) is 3.00. The summed E-state index contributed by atoms with van der Waals surface area (Å²) in [7, 11) is 1.65. The van der Waals surface area contributed by atoms with E-state index in [1.807, 2.05) is 42.5 Å². The lowest BCUT2D eigenvalue weighted by atomic mass is 10.1. The van der Waals surface area contributed by atoms with E-state index in [1.54, 1.807) is 7.11 Å². The van der Waals surface area contributed by atoms with Gasteiger partial charge in [0.15, 0.2) is 0 Å². The van der Waals surface area contributed by atoms with E-state index >= 15 is 0 Å². The highest BCUT2D eigenvalue weighted by Crippen LogP contribution is 2.38. The molecule has 0 aliphatic rings. The molecule has 0 atom stereocenters. The van der Waals surface area contributed by atoms with E-state index in [9.17, 15) is 4.79 Å². The zero-order valence-electron chi connectivity index (χ0n) is 16.7. The Balaban J connectivity index is 1.88. The minimum absolute atomic E-state index is 0.185. The molecule has 0 saturated carbocycles. The zero-order valence-corrected chi connectivity index (χ0v) is 16.7. The Bertz CT molecular complexity index is 961. The van der Waals surface area contributed by atoms with Gasteiger partial charge in [-0.25, -0.2) is 4.79 Å². The third-order valence-corrected chi connectivity index (χ3v) is 4.86. The highest BCUT2D eigenvalue weighted by molar-refractivity contribution is 6.01. The summed E-state index contributed by atoms with van der Waals surface area (Å²) in [6.07, 6.45) is 2.02. The highest BCUT2D eigenvalue weighted by Gasteiger charge is 2.16. The van der Waals surface area contributed by atoms with Crippen molar-refractivity contribution in [3.63, 3.8) is 0 Å². The topological polar surface area (TPSA) is 81.3 Å². The van der Waals surface area contributed by atoms with Gasteiger partial charge >= 0.3 is 6.03 Å². The number of aryl methyl sites for hydroxylation is 1. The van der Waals surface area contributed by atoms with Gasteiger partial charge < -0.3 is 25.7 Å². The second-order valence-corrected chi connectivity index (χ2v) is 6.70. The van der Waals surface area contributed by atoms with Crippen LogP contribution >= 0.6 is 0 Å². The van der Waals surface area contributed by atoms with E-state index < -0.39 is 0 Å². The molecule has 0 radical (unpaired) electrons. The maximum Gasteiger partial charge on any atom is 0.319 e. The van der Waals surface area contributed by atoms with Crippen LogP contribution in [-0.4, -0.2) is 24.3 Å². The van der Waals surface area contributed by atoms with Crippen LogP contribution in [0.25, 0.3) is 22.2 Å². The number of hydrogen-bond acceptors (Lipinski definition) is 3. The fraction of sp³-hybridized carbons (Fsp3) is 0.318. The van der Waals surface area contributed by atoms with Crippen molar-refractivity contribution < 1.29 is 9.53 Å². The monoisotopic (exact) mass is 380 g/mol. The van der Waals surface area contributed by atoms with Crippen molar-refractivity contribution in [2.45, 2.75) is 33.2 Å². The first-order valence-electron chi connectivity index (χ1n) is 9.70. The van der Waals surface area contributed by atoms with Crippen LogP contribution < -0.4 is 21.1 Å². The van der Waals surface area contributed by atoms with Gasteiger partial charge in [-0.05, 0) is 43.7 Å². The number of unbranched alkanes of at least 4 members (excludes halogenated alkanes) is 1. The lowest BCUT2D eigenvalue weighted by Crippen LogP contribution is -2.29. The Hall–Kier alpha value is -3.15. The quantitative estimate of drug-likeness (QED) is 0.513. The molecule has 3 aromatic rings. The standard InChI is InChI=1S/C22H28N4O2/c1-4-6-13-24-22(27)25-16-9-7-15(8-10-16)21-20(23)18-14-17(28-3)11-12-19(18)26(21)5-2/h7-12,14H,4-6,13,23H2,1-3H3,(H2,24,25,27). The van der Waals surface area contributed by atoms with E-state index in [-0.39, 0.29) is 6.03 Å². The molecule has 0 fully saturated rings. The van der Waals surface area contributed by atoms with Crippen LogP contribution in [0, 0.1) is 0 Å². The SMILES string of the molecule is CCCCNC(=O)Nc1ccc(-c2c(N)c3cc(OC)ccc3n2CC)cc1. The van der Waals surface area contributed by atoms with Crippen LogP contribution in [0.2, 0.25) is 0 Å². The molecule has 0 aliphatic carbocycles. The number of ether oxygens (including phenoxy) is 1. The van der Waals surface area contributed by atoms with E-state index in [0.717, 1.165) is 58.7 Å². The number of urea groups is 1. The molecular weight excluding hydrogens is 352 g/mol. The second kappa shape index (κ2) is 8.69. The largest absolute Gasteiger partial charge is 0.497 e. The molecule has 6 nitrogen and oxygen atoms in total. The number of carbonyl (C=O) groups is 1. The summed E-state index contributed by atoms with van der Waals surface area (Å²) in [5.74, 6) is 0.785. The molecule has 148 valence electrons. The first kappa shape index (κ1) is 19.6. The minimum atomic E-state index is -0.185. The molecule has 1 heterocycles. The fourth-order valence-corrected chi connectivity index (χ4v) is 3.39. The normalized spacial score (nSPS) is 10.8. The lowest BCUT2D eigenvalue weighted by Gasteiger charge is -2.11. The third-order valence-electron chi connectivity index (χ3n) is 4.86. The van der Waals surface area contributed by atoms with Crippen molar-refractivity contribution >= 4 is 28.3 Å². The van der Waals surface area contributed by atoms with Gasteiger partial charge in [0, 0.05) is 29.7 Å². The maximum absolute atomic E-state index is 11.9. The Labute approximate surface area is 165 Å². The molecule has 2 aromatic carbocycles. The summed E-state index contributed by atoms with van der Waals surface area (Å²) in [5, 5.41) is 6.69. The van der Waals surface area contributed by atoms with Gasteiger partial charge in [-0.3, -0.25) is 0 Å². The molecular formula is C22H28N4O2. The molecule has 28 heavy (non-hydrogen) atoms. The van der Waals surface area contributed by atoms with Crippen molar-refractivity contribution in [3.05, 3.63) is 42.5 Å². The number of nitrogens with one attached hydrogen (secondary N) is 2. The highest BCUT2D eigenvalue weighted by atomic mass is 16.5. The van der Waals surface area contributed by atoms with Crippen molar-refractivity contribution in [2.75, 3.05) is 24.7 Å². The van der Waals surface area contributed by atoms with Gasteiger partial charge in [0.2, 0.25) is 0 Å². The number of amides is 2. The van der Waals surface area contributed by atoms with E-state index in [4.69, 9.17) is 10.5 Å². The molecule has 0 spiro atoms. The summed E-state index contributed by atoms with van der Waals surface area (Å²) in [4.78, 5) is 11.9. The number of rotatable bonds is 7. The fourth-order valence-electron chi connectivity index (χ4n) is 3.39. The number of fused-ring (bicyclic) bond motifs is 1.